The van der Waals surface area contributed by atoms with Crippen LogP contribution in [0.15, 0.2) is 41.0 Å². The van der Waals surface area contributed by atoms with Crippen LogP contribution in [0.3, 0.4) is 0 Å². The Kier molecular flexibility index (Phi) is 4.65. The number of carbonyl (C=O) groups is 2. The summed E-state index contributed by atoms with van der Waals surface area (Å²) in [6.45, 7) is 1.87. The number of carbonyl (C=O) groups excluding carboxylic acids is 1. The SMILES string of the molecule is Cc1ccc(Cl)cc1N(CCC(=O)O)C(=O)c1ccco1. The molecular formula is C15H14ClNO4. The topological polar surface area (TPSA) is 70.8 Å². The van der Waals surface area contributed by atoms with Gasteiger partial charge in [-0.1, -0.05) is 17.7 Å². The van der Waals surface area contributed by atoms with Gasteiger partial charge >= 0.3 is 5.97 Å². The second-order valence-electron chi connectivity index (χ2n) is 4.51. The highest BCUT2D eigenvalue weighted by atomic mass is 35.5. The molecule has 0 spiro atoms. The molecule has 0 unspecified atom stereocenters. The van der Waals surface area contributed by atoms with E-state index in [4.69, 9.17) is 21.1 Å². The highest BCUT2D eigenvalue weighted by molar-refractivity contribution is 6.31. The van der Waals surface area contributed by atoms with Gasteiger partial charge in [-0.05, 0) is 36.8 Å². The fourth-order valence-electron chi connectivity index (χ4n) is 1.95. The third kappa shape index (κ3) is 3.64. The van der Waals surface area contributed by atoms with E-state index in [9.17, 15) is 9.59 Å². The van der Waals surface area contributed by atoms with Gasteiger partial charge in [0.25, 0.3) is 5.91 Å². The lowest BCUT2D eigenvalue weighted by Gasteiger charge is -2.23. The quantitative estimate of drug-likeness (QED) is 0.919. The first-order chi connectivity index (χ1) is 9.99. The fourth-order valence-corrected chi connectivity index (χ4v) is 2.11. The van der Waals surface area contributed by atoms with Gasteiger partial charge in [0.15, 0.2) is 5.76 Å². The first-order valence-electron chi connectivity index (χ1n) is 6.32. The second kappa shape index (κ2) is 6.45. The van der Waals surface area contributed by atoms with Crippen LogP contribution in [0.5, 0.6) is 0 Å². The third-order valence-electron chi connectivity index (χ3n) is 2.99. The molecule has 1 N–H and O–H groups in total. The van der Waals surface area contributed by atoms with E-state index in [1.54, 1.807) is 24.3 Å². The Morgan fingerprint density at radius 3 is 2.71 bits per heavy atom. The minimum Gasteiger partial charge on any atom is -0.481 e. The second-order valence-corrected chi connectivity index (χ2v) is 4.95. The smallest absolute Gasteiger partial charge is 0.305 e. The number of hydrogen-bond acceptors (Lipinski definition) is 3. The number of carboxylic acids is 1. The van der Waals surface area contributed by atoms with Gasteiger partial charge in [0, 0.05) is 17.3 Å². The van der Waals surface area contributed by atoms with E-state index in [1.165, 1.54) is 17.2 Å². The average molecular weight is 308 g/mol. The Bertz CT molecular complexity index is 652. The number of aliphatic carboxylic acids is 1. The molecule has 6 heteroatoms. The van der Waals surface area contributed by atoms with E-state index >= 15 is 0 Å². The van der Waals surface area contributed by atoms with Crippen LogP contribution in [0.1, 0.15) is 22.5 Å². The molecule has 0 atom stereocenters. The maximum absolute atomic E-state index is 12.5. The number of hydrogen-bond donors (Lipinski definition) is 1. The van der Waals surface area contributed by atoms with Crippen molar-refractivity contribution in [2.75, 3.05) is 11.4 Å². The summed E-state index contributed by atoms with van der Waals surface area (Å²) in [5.41, 5.74) is 1.40. The molecule has 2 aromatic rings. The summed E-state index contributed by atoms with van der Waals surface area (Å²) < 4.78 is 5.10. The van der Waals surface area contributed by atoms with Gasteiger partial charge in [-0.2, -0.15) is 0 Å². The predicted molar refractivity (Wildman–Crippen MR) is 78.8 cm³/mol. The van der Waals surface area contributed by atoms with Crippen molar-refractivity contribution in [1.82, 2.24) is 0 Å². The van der Waals surface area contributed by atoms with Crippen LogP contribution < -0.4 is 4.90 Å². The average Bonchev–Trinajstić information content (AvgIpc) is 2.96. The summed E-state index contributed by atoms with van der Waals surface area (Å²) in [7, 11) is 0. The number of rotatable bonds is 5. The molecule has 0 saturated carbocycles. The standard InChI is InChI=1S/C15H14ClNO4/c1-10-4-5-11(16)9-12(10)17(7-6-14(18)19)15(20)13-3-2-8-21-13/h2-5,8-9H,6-7H2,1H3,(H,18,19). The van der Waals surface area contributed by atoms with Crippen molar-refractivity contribution >= 4 is 29.2 Å². The van der Waals surface area contributed by atoms with Crippen molar-refractivity contribution in [3.63, 3.8) is 0 Å². The van der Waals surface area contributed by atoms with Crippen molar-refractivity contribution in [3.05, 3.63) is 52.9 Å². The zero-order chi connectivity index (χ0) is 15.4. The van der Waals surface area contributed by atoms with Crippen LogP contribution in [0.25, 0.3) is 0 Å². The number of halogens is 1. The first kappa shape index (κ1) is 15.1. The highest BCUT2D eigenvalue weighted by Gasteiger charge is 2.22. The van der Waals surface area contributed by atoms with Gasteiger partial charge < -0.3 is 14.4 Å². The molecule has 0 radical (unpaired) electrons. The van der Waals surface area contributed by atoms with Crippen LogP contribution in [-0.2, 0) is 4.79 Å². The van der Waals surface area contributed by atoms with Gasteiger partial charge in [0.05, 0.1) is 12.7 Å². The summed E-state index contributed by atoms with van der Waals surface area (Å²) in [4.78, 5) is 24.7. The molecule has 1 aromatic heterocycles. The number of benzene rings is 1. The monoisotopic (exact) mass is 307 g/mol. The zero-order valence-corrected chi connectivity index (χ0v) is 12.1. The molecule has 0 aliphatic heterocycles. The maximum atomic E-state index is 12.5. The Morgan fingerprint density at radius 2 is 2.10 bits per heavy atom. The fraction of sp³-hybridized carbons (Fsp3) is 0.200. The molecule has 21 heavy (non-hydrogen) atoms. The van der Waals surface area contributed by atoms with E-state index in [1.807, 2.05) is 6.92 Å². The first-order valence-corrected chi connectivity index (χ1v) is 6.70. The molecular weight excluding hydrogens is 294 g/mol. The van der Waals surface area contributed by atoms with Crippen LogP contribution in [0.4, 0.5) is 5.69 Å². The summed E-state index contributed by atoms with van der Waals surface area (Å²) in [6, 6.07) is 8.27. The Morgan fingerprint density at radius 1 is 1.33 bits per heavy atom. The molecule has 1 aromatic carbocycles. The number of furan rings is 1. The predicted octanol–water partition coefficient (Wildman–Crippen LogP) is 3.36. The van der Waals surface area contributed by atoms with Crippen LogP contribution in [0, 0.1) is 6.92 Å². The van der Waals surface area contributed by atoms with Gasteiger partial charge in [-0.3, -0.25) is 9.59 Å². The molecule has 1 heterocycles. The van der Waals surface area contributed by atoms with Gasteiger partial charge in [0.2, 0.25) is 0 Å². The Balaban J connectivity index is 2.37. The van der Waals surface area contributed by atoms with Gasteiger partial charge in [-0.25, -0.2) is 0 Å². The van der Waals surface area contributed by atoms with Crippen LogP contribution in [-0.4, -0.2) is 23.5 Å². The minimum absolute atomic E-state index is 0.0377. The van der Waals surface area contributed by atoms with E-state index in [0.29, 0.717) is 10.7 Å². The molecule has 0 saturated heterocycles. The van der Waals surface area contributed by atoms with Crippen molar-refractivity contribution < 1.29 is 19.1 Å². The van der Waals surface area contributed by atoms with Crippen molar-refractivity contribution in [2.45, 2.75) is 13.3 Å². The number of anilines is 1. The Hall–Kier alpha value is -2.27. The molecule has 0 aliphatic carbocycles. The lowest BCUT2D eigenvalue weighted by molar-refractivity contribution is -0.136. The van der Waals surface area contributed by atoms with Gasteiger partial charge in [0.1, 0.15) is 0 Å². The van der Waals surface area contributed by atoms with E-state index in [2.05, 4.69) is 0 Å². The summed E-state index contributed by atoms with van der Waals surface area (Å²) in [6.07, 6.45) is 1.23. The molecule has 0 aliphatic rings. The zero-order valence-electron chi connectivity index (χ0n) is 11.4. The third-order valence-corrected chi connectivity index (χ3v) is 3.22. The van der Waals surface area contributed by atoms with Crippen molar-refractivity contribution in [1.29, 1.82) is 0 Å². The highest BCUT2D eigenvalue weighted by Crippen LogP contribution is 2.26. The van der Waals surface area contributed by atoms with Crippen molar-refractivity contribution in [3.8, 4) is 0 Å². The molecule has 2 rings (SSSR count). The molecule has 110 valence electrons. The number of carboxylic acid groups (broad SMARTS) is 1. The number of amides is 1. The lowest BCUT2D eigenvalue weighted by Crippen LogP contribution is -2.33. The molecule has 5 nitrogen and oxygen atoms in total. The molecule has 1 amide bonds. The largest absolute Gasteiger partial charge is 0.481 e. The lowest BCUT2D eigenvalue weighted by atomic mass is 10.1. The van der Waals surface area contributed by atoms with E-state index < -0.39 is 11.9 Å². The summed E-state index contributed by atoms with van der Waals surface area (Å²) >= 11 is 5.98. The number of aryl methyl sites for hydroxylation is 1. The van der Waals surface area contributed by atoms with Crippen LogP contribution in [0.2, 0.25) is 5.02 Å². The molecule has 0 bridgehead atoms. The molecule has 0 fully saturated rings. The minimum atomic E-state index is -0.980. The number of nitrogens with zero attached hydrogens (tertiary/aromatic N) is 1. The Labute approximate surface area is 126 Å². The maximum Gasteiger partial charge on any atom is 0.305 e. The van der Waals surface area contributed by atoms with Gasteiger partial charge in [-0.15, -0.1) is 0 Å². The van der Waals surface area contributed by atoms with Crippen LogP contribution >= 0.6 is 11.6 Å². The van der Waals surface area contributed by atoms with E-state index in [0.717, 1.165) is 5.56 Å². The summed E-state index contributed by atoms with van der Waals surface area (Å²) in [5, 5.41) is 9.33. The normalized spacial score (nSPS) is 10.4. The summed E-state index contributed by atoms with van der Waals surface area (Å²) in [5.74, 6) is -1.22. The van der Waals surface area contributed by atoms with E-state index in [-0.39, 0.29) is 18.7 Å². The van der Waals surface area contributed by atoms with Crippen molar-refractivity contribution in [2.24, 2.45) is 0 Å².